The zero-order valence-electron chi connectivity index (χ0n) is 11.6. The largest absolute Gasteiger partial charge is 0.496 e. The lowest BCUT2D eigenvalue weighted by Crippen LogP contribution is -2.33. The van der Waals surface area contributed by atoms with Crippen molar-refractivity contribution < 1.29 is 13.2 Å². The third-order valence-electron chi connectivity index (χ3n) is 3.09. The summed E-state index contributed by atoms with van der Waals surface area (Å²) in [6.45, 7) is 4.14. The van der Waals surface area contributed by atoms with Crippen molar-refractivity contribution in [1.82, 2.24) is 4.72 Å². The van der Waals surface area contributed by atoms with Crippen LogP contribution in [0.3, 0.4) is 0 Å². The van der Waals surface area contributed by atoms with E-state index in [1.165, 1.54) is 13.2 Å². The van der Waals surface area contributed by atoms with Crippen LogP contribution >= 0.6 is 0 Å². The van der Waals surface area contributed by atoms with Crippen LogP contribution in [0.25, 0.3) is 0 Å². The smallest absolute Gasteiger partial charge is 0.240 e. The lowest BCUT2D eigenvalue weighted by molar-refractivity contribution is 0.409. The first kappa shape index (κ1) is 15.9. The normalized spacial score (nSPS) is 11.8. The molecule has 0 spiro atoms. The number of nitrogens with two attached hydrogens (primary N) is 1. The van der Waals surface area contributed by atoms with E-state index in [1.807, 2.05) is 13.8 Å². The molecular weight excluding hydrogens is 264 g/mol. The van der Waals surface area contributed by atoms with Gasteiger partial charge in [0.1, 0.15) is 5.75 Å². The second kappa shape index (κ2) is 6.88. The van der Waals surface area contributed by atoms with E-state index in [4.69, 9.17) is 10.5 Å². The maximum absolute atomic E-state index is 12.2. The maximum Gasteiger partial charge on any atom is 0.240 e. The zero-order valence-corrected chi connectivity index (χ0v) is 12.5. The molecule has 0 amide bonds. The van der Waals surface area contributed by atoms with Crippen molar-refractivity contribution in [1.29, 1.82) is 0 Å². The Morgan fingerprint density at radius 2 is 1.95 bits per heavy atom. The minimum absolute atomic E-state index is 0.0478. The number of ether oxygens (including phenoxy) is 1. The summed E-state index contributed by atoms with van der Waals surface area (Å²) >= 11 is 0. The Morgan fingerprint density at radius 3 is 2.42 bits per heavy atom. The molecule has 3 N–H and O–H groups in total. The van der Waals surface area contributed by atoms with E-state index in [1.54, 1.807) is 12.1 Å². The zero-order chi connectivity index (χ0) is 14.5. The van der Waals surface area contributed by atoms with Crippen molar-refractivity contribution in [2.75, 3.05) is 7.11 Å². The van der Waals surface area contributed by atoms with Crippen LogP contribution < -0.4 is 15.2 Å². The van der Waals surface area contributed by atoms with Crippen LogP contribution in [-0.4, -0.2) is 21.6 Å². The quantitative estimate of drug-likeness (QED) is 0.798. The Morgan fingerprint density at radius 1 is 1.32 bits per heavy atom. The van der Waals surface area contributed by atoms with Crippen molar-refractivity contribution in [3.63, 3.8) is 0 Å². The highest BCUT2D eigenvalue weighted by atomic mass is 32.2. The molecular formula is C13H22N2O3S. The van der Waals surface area contributed by atoms with Gasteiger partial charge in [-0.05, 0) is 31.0 Å². The first-order chi connectivity index (χ1) is 8.98. The number of sulfonamides is 1. The minimum atomic E-state index is -3.50. The van der Waals surface area contributed by atoms with Crippen LogP contribution in [0.5, 0.6) is 5.75 Å². The summed E-state index contributed by atoms with van der Waals surface area (Å²) in [5, 5.41) is 0. The summed E-state index contributed by atoms with van der Waals surface area (Å²) in [4.78, 5) is 0.223. The summed E-state index contributed by atoms with van der Waals surface area (Å²) in [5.74, 6) is 0.601. The highest BCUT2D eigenvalue weighted by Crippen LogP contribution is 2.22. The summed E-state index contributed by atoms with van der Waals surface area (Å²) < 4.78 is 32.3. The number of hydrogen-bond donors (Lipinski definition) is 2. The molecule has 0 radical (unpaired) electrons. The van der Waals surface area contributed by atoms with Gasteiger partial charge in [0.05, 0.1) is 12.0 Å². The summed E-state index contributed by atoms with van der Waals surface area (Å²) in [6, 6.07) is 4.67. The Labute approximate surface area is 115 Å². The topological polar surface area (TPSA) is 81.4 Å². The highest BCUT2D eigenvalue weighted by Gasteiger charge is 2.19. The lowest BCUT2D eigenvalue weighted by Gasteiger charge is -2.16. The van der Waals surface area contributed by atoms with E-state index < -0.39 is 10.0 Å². The van der Waals surface area contributed by atoms with Gasteiger partial charge in [-0.2, -0.15) is 0 Å². The molecule has 0 aliphatic heterocycles. The molecule has 0 heterocycles. The molecule has 0 aliphatic carbocycles. The Hall–Kier alpha value is -1.11. The average Bonchev–Trinajstić information content (AvgIpc) is 2.43. The molecule has 5 nitrogen and oxygen atoms in total. The molecule has 6 heteroatoms. The van der Waals surface area contributed by atoms with E-state index in [-0.39, 0.29) is 17.5 Å². The predicted molar refractivity (Wildman–Crippen MR) is 75.6 cm³/mol. The van der Waals surface area contributed by atoms with Gasteiger partial charge in [-0.1, -0.05) is 13.8 Å². The predicted octanol–water partition coefficient (Wildman–Crippen LogP) is 1.62. The molecule has 0 saturated carbocycles. The molecule has 0 fully saturated rings. The minimum Gasteiger partial charge on any atom is -0.496 e. The van der Waals surface area contributed by atoms with Gasteiger partial charge in [-0.25, -0.2) is 13.1 Å². The molecule has 1 rings (SSSR count). The van der Waals surface area contributed by atoms with Crippen LogP contribution in [0.1, 0.15) is 32.3 Å². The van der Waals surface area contributed by atoms with Gasteiger partial charge in [0.2, 0.25) is 10.0 Å². The van der Waals surface area contributed by atoms with Gasteiger partial charge >= 0.3 is 0 Å². The SMILES string of the molecule is CCC(CC)NS(=O)(=O)c1ccc(OC)c(CN)c1. The standard InChI is InChI=1S/C13H22N2O3S/c1-4-11(5-2)15-19(16,17)12-6-7-13(18-3)10(8-12)9-14/h6-8,11,15H,4-5,9,14H2,1-3H3. The molecule has 0 bridgehead atoms. The molecule has 19 heavy (non-hydrogen) atoms. The van der Waals surface area contributed by atoms with Crippen molar-refractivity contribution >= 4 is 10.0 Å². The second-order valence-corrected chi connectivity index (χ2v) is 6.03. The lowest BCUT2D eigenvalue weighted by atomic mass is 10.2. The van der Waals surface area contributed by atoms with Gasteiger partial charge in [0.25, 0.3) is 0 Å². The Kier molecular flexibility index (Phi) is 5.78. The summed E-state index contributed by atoms with van der Waals surface area (Å²) in [7, 11) is -1.97. The second-order valence-electron chi connectivity index (χ2n) is 4.31. The Balaban J connectivity index is 3.08. The molecule has 0 aliphatic rings. The third-order valence-corrected chi connectivity index (χ3v) is 4.61. The fourth-order valence-electron chi connectivity index (χ4n) is 1.82. The van der Waals surface area contributed by atoms with Gasteiger partial charge < -0.3 is 10.5 Å². The molecule has 108 valence electrons. The van der Waals surface area contributed by atoms with Gasteiger partial charge in [0, 0.05) is 18.2 Å². The van der Waals surface area contributed by atoms with E-state index in [2.05, 4.69) is 4.72 Å². The highest BCUT2D eigenvalue weighted by molar-refractivity contribution is 7.89. The maximum atomic E-state index is 12.2. The van der Waals surface area contributed by atoms with Gasteiger partial charge in [-0.3, -0.25) is 0 Å². The number of nitrogens with one attached hydrogen (secondary N) is 1. The van der Waals surface area contributed by atoms with Crippen molar-refractivity contribution in [3.05, 3.63) is 23.8 Å². The summed E-state index contributed by atoms with van der Waals surface area (Å²) in [6.07, 6.45) is 1.52. The molecule has 0 unspecified atom stereocenters. The Bertz CT molecular complexity index is 511. The monoisotopic (exact) mass is 286 g/mol. The van der Waals surface area contributed by atoms with Gasteiger partial charge in [0.15, 0.2) is 0 Å². The van der Waals surface area contributed by atoms with E-state index in [0.29, 0.717) is 11.3 Å². The molecule has 1 aromatic carbocycles. The fraction of sp³-hybridized carbons (Fsp3) is 0.538. The molecule has 0 aromatic heterocycles. The van der Waals surface area contributed by atoms with E-state index in [0.717, 1.165) is 12.8 Å². The van der Waals surface area contributed by atoms with Crippen molar-refractivity contribution in [2.45, 2.75) is 44.2 Å². The number of benzene rings is 1. The van der Waals surface area contributed by atoms with Crippen LogP contribution in [0, 0.1) is 0 Å². The third kappa shape index (κ3) is 3.92. The van der Waals surface area contributed by atoms with Crippen molar-refractivity contribution in [3.8, 4) is 5.75 Å². The molecule has 1 aromatic rings. The van der Waals surface area contributed by atoms with Crippen molar-refractivity contribution in [2.24, 2.45) is 5.73 Å². The number of rotatable bonds is 7. The van der Waals surface area contributed by atoms with Crippen LogP contribution in [0.15, 0.2) is 23.1 Å². The number of hydrogen-bond acceptors (Lipinski definition) is 4. The first-order valence-electron chi connectivity index (χ1n) is 6.37. The van der Waals surface area contributed by atoms with Crippen LogP contribution in [0.2, 0.25) is 0 Å². The van der Waals surface area contributed by atoms with Crippen LogP contribution in [0.4, 0.5) is 0 Å². The molecule has 0 atom stereocenters. The molecule has 0 saturated heterocycles. The van der Waals surface area contributed by atoms with E-state index >= 15 is 0 Å². The number of methoxy groups -OCH3 is 1. The average molecular weight is 286 g/mol. The first-order valence-corrected chi connectivity index (χ1v) is 7.86. The summed E-state index contributed by atoms with van der Waals surface area (Å²) in [5.41, 5.74) is 6.27. The fourth-order valence-corrected chi connectivity index (χ4v) is 3.28. The van der Waals surface area contributed by atoms with Crippen LogP contribution in [-0.2, 0) is 16.6 Å². The van der Waals surface area contributed by atoms with E-state index in [9.17, 15) is 8.42 Å². The van der Waals surface area contributed by atoms with Gasteiger partial charge in [-0.15, -0.1) is 0 Å².